The normalized spacial score (nSPS) is 30.7. The Morgan fingerprint density at radius 3 is 2.39 bits per heavy atom. The van der Waals surface area contributed by atoms with E-state index < -0.39 is 10.2 Å². The van der Waals surface area contributed by atoms with E-state index in [1.165, 1.54) is 0 Å². The van der Waals surface area contributed by atoms with Gasteiger partial charge in [0, 0.05) is 43.2 Å². The van der Waals surface area contributed by atoms with Crippen molar-refractivity contribution in [2.24, 2.45) is 0 Å². The van der Waals surface area contributed by atoms with Crippen LogP contribution in [0.5, 0.6) is 0 Å². The summed E-state index contributed by atoms with van der Waals surface area (Å²) in [5, 5.41) is 7.00. The summed E-state index contributed by atoms with van der Waals surface area (Å²) in [5.74, 6) is 0.989. The fraction of sp³-hybridized carbons (Fsp3) is 0.810. The second kappa shape index (κ2) is 8.13. The minimum atomic E-state index is -3.51. The summed E-state index contributed by atoms with van der Waals surface area (Å²) in [4.78, 5) is 14.9. The molecule has 0 unspecified atom stereocenters. The Morgan fingerprint density at radius 2 is 1.77 bits per heavy atom. The van der Waals surface area contributed by atoms with Gasteiger partial charge in [-0.3, -0.25) is 4.79 Å². The second-order valence-electron chi connectivity index (χ2n) is 9.80. The van der Waals surface area contributed by atoms with Crippen molar-refractivity contribution in [3.05, 3.63) is 17.5 Å². The van der Waals surface area contributed by atoms with E-state index in [2.05, 4.69) is 22.4 Å². The highest BCUT2D eigenvalue weighted by Gasteiger charge is 2.49. The van der Waals surface area contributed by atoms with Crippen molar-refractivity contribution < 1.29 is 17.7 Å². The topological polar surface area (TPSA) is 99.0 Å². The van der Waals surface area contributed by atoms with Crippen LogP contribution < -0.4 is 5.32 Å². The van der Waals surface area contributed by atoms with Crippen molar-refractivity contribution in [2.75, 3.05) is 27.2 Å². The molecule has 3 atom stereocenters. The van der Waals surface area contributed by atoms with Crippen molar-refractivity contribution in [2.45, 2.75) is 81.5 Å². The molecule has 1 aliphatic carbocycles. The molecular weight excluding hydrogens is 418 g/mol. The molecule has 4 heterocycles. The molecule has 5 rings (SSSR count). The first-order chi connectivity index (χ1) is 14.8. The van der Waals surface area contributed by atoms with Crippen LogP contribution in [0.4, 0.5) is 0 Å². The largest absolute Gasteiger partial charge is 0.360 e. The lowest BCUT2D eigenvalue weighted by molar-refractivity contribution is 0.0897. The minimum absolute atomic E-state index is 0.0360. The van der Waals surface area contributed by atoms with Crippen molar-refractivity contribution in [3.8, 4) is 0 Å². The fourth-order valence-electron chi connectivity index (χ4n) is 5.54. The Kier molecular flexibility index (Phi) is 5.60. The number of amides is 1. The maximum atomic E-state index is 13.5. The molecule has 3 saturated heterocycles. The summed E-state index contributed by atoms with van der Waals surface area (Å²) in [6.07, 6.45) is 6.94. The average Bonchev–Trinajstić information content (AvgIpc) is 3.40. The highest BCUT2D eigenvalue weighted by atomic mass is 32.2. The van der Waals surface area contributed by atoms with Gasteiger partial charge in [-0.05, 0) is 71.5 Å². The molecule has 3 aliphatic heterocycles. The second-order valence-corrected chi connectivity index (χ2v) is 11.7. The molecule has 1 amide bonds. The zero-order chi connectivity index (χ0) is 21.8. The van der Waals surface area contributed by atoms with Crippen LogP contribution in [0.2, 0.25) is 0 Å². The number of likely N-dealkylation sites (tertiary alicyclic amines) is 1. The van der Waals surface area contributed by atoms with Gasteiger partial charge in [-0.15, -0.1) is 0 Å². The van der Waals surface area contributed by atoms with Gasteiger partial charge in [0.1, 0.15) is 5.76 Å². The smallest absolute Gasteiger partial charge is 0.282 e. The molecule has 1 aromatic heterocycles. The molecule has 1 aromatic rings. The van der Waals surface area contributed by atoms with Crippen LogP contribution in [0.15, 0.2) is 10.6 Å². The van der Waals surface area contributed by atoms with Gasteiger partial charge in [0.05, 0.1) is 0 Å². The van der Waals surface area contributed by atoms with E-state index in [0.717, 1.165) is 57.4 Å². The molecule has 1 saturated carbocycles. The third-order valence-electron chi connectivity index (χ3n) is 7.57. The average molecular weight is 452 g/mol. The SMILES string of the molecule is CN1CCC(N(C)S(=O)(=O)N2[C@@H]3CC[C@H]2C[C@@H](NC(=O)c2cc(C4CC4)on2)C3)CC1. The number of carbonyl (C=O) groups is 1. The van der Waals surface area contributed by atoms with Gasteiger partial charge in [-0.1, -0.05) is 5.16 Å². The number of nitrogens with zero attached hydrogens (tertiary/aromatic N) is 4. The number of fused-ring (bicyclic) bond motifs is 2. The Balaban J connectivity index is 1.22. The number of hydrogen-bond acceptors (Lipinski definition) is 6. The van der Waals surface area contributed by atoms with Crippen LogP contribution in [0.3, 0.4) is 0 Å². The quantitative estimate of drug-likeness (QED) is 0.705. The molecule has 10 heteroatoms. The number of rotatable bonds is 6. The van der Waals surface area contributed by atoms with Crippen LogP contribution in [0.25, 0.3) is 0 Å². The van der Waals surface area contributed by atoms with Gasteiger partial charge in [0.15, 0.2) is 5.69 Å². The lowest BCUT2D eigenvalue weighted by atomic mass is 9.99. The maximum Gasteiger partial charge on any atom is 0.282 e. The van der Waals surface area contributed by atoms with Crippen LogP contribution in [-0.4, -0.2) is 84.3 Å². The predicted molar refractivity (Wildman–Crippen MR) is 115 cm³/mol. The molecule has 172 valence electrons. The van der Waals surface area contributed by atoms with Gasteiger partial charge < -0.3 is 14.7 Å². The Labute approximate surface area is 184 Å². The van der Waals surface area contributed by atoms with E-state index in [1.807, 2.05) is 0 Å². The molecule has 31 heavy (non-hydrogen) atoms. The fourth-order valence-corrected chi connectivity index (χ4v) is 7.56. The van der Waals surface area contributed by atoms with Crippen LogP contribution in [0, 0.1) is 0 Å². The van der Waals surface area contributed by atoms with E-state index in [9.17, 15) is 13.2 Å². The first-order valence-corrected chi connectivity index (χ1v) is 12.9. The predicted octanol–water partition coefficient (Wildman–Crippen LogP) is 1.55. The standard InChI is InChI=1S/C21H33N5O4S/c1-24-9-7-16(8-10-24)25(2)31(28,29)26-17-5-6-18(26)12-15(11-17)22-21(27)19-13-20(30-23-19)14-3-4-14/h13-18H,3-12H2,1-2H3,(H,22,27)/t15-,17+,18-. The summed E-state index contributed by atoms with van der Waals surface area (Å²) in [6.45, 7) is 1.85. The van der Waals surface area contributed by atoms with Gasteiger partial charge in [-0.2, -0.15) is 17.0 Å². The van der Waals surface area contributed by atoms with Crippen molar-refractivity contribution >= 4 is 16.1 Å². The molecule has 2 bridgehead atoms. The summed E-state index contributed by atoms with van der Waals surface area (Å²) in [7, 11) is 0.306. The number of hydrogen-bond donors (Lipinski definition) is 1. The van der Waals surface area contributed by atoms with Crippen molar-refractivity contribution in [1.82, 2.24) is 24.0 Å². The number of carbonyl (C=O) groups excluding carboxylic acids is 1. The Bertz CT molecular complexity index is 908. The molecule has 0 radical (unpaired) electrons. The highest BCUT2D eigenvalue weighted by Crippen LogP contribution is 2.41. The lowest BCUT2D eigenvalue weighted by Gasteiger charge is -2.42. The van der Waals surface area contributed by atoms with E-state index in [-0.39, 0.29) is 30.1 Å². The van der Waals surface area contributed by atoms with Crippen molar-refractivity contribution in [1.29, 1.82) is 0 Å². The lowest BCUT2D eigenvalue weighted by Crippen LogP contribution is -2.57. The summed E-state index contributed by atoms with van der Waals surface area (Å²) in [5.41, 5.74) is 0.325. The molecule has 9 nitrogen and oxygen atoms in total. The Morgan fingerprint density at radius 1 is 1.13 bits per heavy atom. The number of piperidine rings is 2. The third-order valence-corrected chi connectivity index (χ3v) is 9.73. The zero-order valence-electron chi connectivity index (χ0n) is 18.4. The van der Waals surface area contributed by atoms with E-state index >= 15 is 0 Å². The monoisotopic (exact) mass is 451 g/mol. The van der Waals surface area contributed by atoms with Gasteiger partial charge in [0.25, 0.3) is 16.1 Å². The van der Waals surface area contributed by atoms with Crippen molar-refractivity contribution in [3.63, 3.8) is 0 Å². The Hall–Kier alpha value is -1.49. The molecule has 4 fully saturated rings. The maximum absolute atomic E-state index is 13.5. The van der Waals surface area contributed by atoms with Crippen LogP contribution in [0.1, 0.15) is 73.5 Å². The summed E-state index contributed by atoms with van der Waals surface area (Å²) in [6, 6.07) is 1.67. The molecule has 4 aliphatic rings. The summed E-state index contributed by atoms with van der Waals surface area (Å²) >= 11 is 0. The number of aromatic nitrogens is 1. The van der Waals surface area contributed by atoms with Crippen LogP contribution in [-0.2, 0) is 10.2 Å². The highest BCUT2D eigenvalue weighted by molar-refractivity contribution is 7.86. The molecule has 1 N–H and O–H groups in total. The van der Waals surface area contributed by atoms with Gasteiger partial charge >= 0.3 is 0 Å². The van der Waals surface area contributed by atoms with Crippen LogP contribution >= 0.6 is 0 Å². The summed E-state index contributed by atoms with van der Waals surface area (Å²) < 4.78 is 35.6. The van der Waals surface area contributed by atoms with Gasteiger partial charge in [-0.25, -0.2) is 0 Å². The minimum Gasteiger partial charge on any atom is -0.360 e. The first kappa shape index (κ1) is 21.4. The zero-order valence-corrected chi connectivity index (χ0v) is 19.2. The molecule has 0 spiro atoms. The van der Waals surface area contributed by atoms with E-state index in [1.54, 1.807) is 21.7 Å². The van der Waals surface area contributed by atoms with E-state index in [0.29, 0.717) is 24.5 Å². The van der Waals surface area contributed by atoms with E-state index in [4.69, 9.17) is 4.52 Å². The molecular formula is C21H33N5O4S. The number of nitrogens with one attached hydrogen (secondary N) is 1. The van der Waals surface area contributed by atoms with Gasteiger partial charge in [0.2, 0.25) is 0 Å². The molecule has 0 aromatic carbocycles. The first-order valence-electron chi connectivity index (χ1n) is 11.6. The third kappa shape index (κ3) is 4.15.